The smallest absolute Gasteiger partial charge is 0.104 e. The molecule has 116 valence electrons. The standard InChI is InChI=1S/C16H18N4S.ClH/c1-19(2)10-5-6-12-13(7-10)17-14-8-11(20(3)4)9-15(21)16(14)18-12;/h5-8H,9H2,1-4H3;1H. The maximum atomic E-state index is 5.51. The summed E-state index contributed by atoms with van der Waals surface area (Å²) in [6.07, 6.45) is 2.84. The molecule has 1 heterocycles. The third-order valence-corrected chi connectivity index (χ3v) is 4.01. The molecule has 0 amide bonds. The Kier molecular flexibility index (Phi) is 4.68. The van der Waals surface area contributed by atoms with Gasteiger partial charge in [-0.05, 0) is 24.3 Å². The molecule has 0 unspecified atom stereocenters. The summed E-state index contributed by atoms with van der Waals surface area (Å²) in [5.74, 6) is 0. The van der Waals surface area contributed by atoms with E-state index < -0.39 is 0 Å². The quantitative estimate of drug-likeness (QED) is 0.788. The average Bonchev–Trinajstić information content (AvgIpc) is 2.44. The van der Waals surface area contributed by atoms with Crippen LogP contribution in [0.1, 0.15) is 17.8 Å². The molecule has 1 aromatic heterocycles. The van der Waals surface area contributed by atoms with E-state index in [1.54, 1.807) is 0 Å². The first kappa shape index (κ1) is 16.6. The Morgan fingerprint density at radius 3 is 2.36 bits per heavy atom. The zero-order valence-corrected chi connectivity index (χ0v) is 14.8. The first-order chi connectivity index (χ1) is 9.95. The number of rotatable bonds is 2. The molecule has 1 aromatic carbocycles. The van der Waals surface area contributed by atoms with Gasteiger partial charge in [0.2, 0.25) is 0 Å². The van der Waals surface area contributed by atoms with Crippen molar-refractivity contribution in [2.75, 3.05) is 33.1 Å². The number of thiocarbonyl (C=S) groups is 1. The number of benzene rings is 1. The summed E-state index contributed by atoms with van der Waals surface area (Å²) in [6.45, 7) is 0. The lowest BCUT2D eigenvalue weighted by Gasteiger charge is -2.22. The fourth-order valence-corrected chi connectivity index (χ4v) is 2.68. The van der Waals surface area contributed by atoms with Crippen LogP contribution in [0.3, 0.4) is 0 Å². The molecule has 0 saturated carbocycles. The average molecular weight is 335 g/mol. The predicted octanol–water partition coefficient (Wildman–Crippen LogP) is 3.14. The third-order valence-electron chi connectivity index (χ3n) is 3.67. The number of allylic oxidation sites excluding steroid dienone is 1. The Morgan fingerprint density at radius 2 is 1.73 bits per heavy atom. The minimum Gasteiger partial charge on any atom is -0.381 e. The van der Waals surface area contributed by atoms with E-state index in [9.17, 15) is 0 Å². The fourth-order valence-electron chi connectivity index (χ4n) is 2.38. The molecule has 0 aliphatic heterocycles. The van der Waals surface area contributed by atoms with E-state index in [4.69, 9.17) is 22.2 Å². The Bertz CT molecular complexity index is 768. The van der Waals surface area contributed by atoms with Gasteiger partial charge in [0.05, 0.1) is 16.7 Å². The molecule has 2 aromatic rings. The number of halogens is 1. The summed E-state index contributed by atoms with van der Waals surface area (Å²) in [7, 11) is 8.09. The number of hydrogen-bond acceptors (Lipinski definition) is 5. The van der Waals surface area contributed by atoms with Gasteiger partial charge in [0.15, 0.2) is 0 Å². The number of anilines is 1. The van der Waals surface area contributed by atoms with Crippen molar-refractivity contribution in [3.05, 3.63) is 35.3 Å². The van der Waals surface area contributed by atoms with Crippen LogP contribution in [-0.4, -0.2) is 47.9 Å². The second-order valence-electron chi connectivity index (χ2n) is 5.65. The molecule has 0 spiro atoms. The van der Waals surface area contributed by atoms with Crippen LogP contribution in [0.25, 0.3) is 17.1 Å². The molecule has 0 fully saturated rings. The zero-order valence-electron chi connectivity index (χ0n) is 13.1. The van der Waals surface area contributed by atoms with E-state index in [2.05, 4.69) is 28.0 Å². The van der Waals surface area contributed by atoms with E-state index in [1.807, 2.05) is 34.3 Å². The lowest BCUT2D eigenvalue weighted by Crippen LogP contribution is -2.20. The van der Waals surface area contributed by atoms with Gasteiger partial charge in [0.1, 0.15) is 5.69 Å². The maximum absolute atomic E-state index is 5.51. The highest BCUT2D eigenvalue weighted by Gasteiger charge is 2.20. The lowest BCUT2D eigenvalue weighted by molar-refractivity contribution is 0.509. The van der Waals surface area contributed by atoms with Crippen LogP contribution in [0.15, 0.2) is 23.9 Å². The van der Waals surface area contributed by atoms with Crippen LogP contribution < -0.4 is 4.90 Å². The second kappa shape index (κ2) is 6.18. The van der Waals surface area contributed by atoms with Gasteiger partial charge in [0.25, 0.3) is 0 Å². The molecule has 1 aliphatic carbocycles. The first-order valence-corrected chi connectivity index (χ1v) is 7.27. The highest BCUT2D eigenvalue weighted by molar-refractivity contribution is 7.80. The third kappa shape index (κ3) is 2.91. The van der Waals surface area contributed by atoms with E-state index >= 15 is 0 Å². The molecule has 0 N–H and O–H groups in total. The van der Waals surface area contributed by atoms with Gasteiger partial charge in [-0.25, -0.2) is 9.97 Å². The van der Waals surface area contributed by atoms with Crippen molar-refractivity contribution in [1.29, 1.82) is 0 Å². The van der Waals surface area contributed by atoms with Crippen LogP contribution in [0, 0.1) is 0 Å². The van der Waals surface area contributed by atoms with Crippen molar-refractivity contribution in [2.45, 2.75) is 6.42 Å². The highest BCUT2D eigenvalue weighted by Crippen LogP contribution is 2.26. The highest BCUT2D eigenvalue weighted by atomic mass is 35.5. The van der Waals surface area contributed by atoms with Gasteiger partial charge < -0.3 is 9.80 Å². The van der Waals surface area contributed by atoms with Crippen molar-refractivity contribution in [1.82, 2.24) is 14.9 Å². The second-order valence-corrected chi connectivity index (χ2v) is 6.15. The Hall–Kier alpha value is -1.72. The Balaban J connectivity index is 0.00000176. The summed E-state index contributed by atoms with van der Waals surface area (Å²) in [5.41, 5.74) is 5.80. The monoisotopic (exact) mass is 334 g/mol. The summed E-state index contributed by atoms with van der Waals surface area (Å²) < 4.78 is 0. The van der Waals surface area contributed by atoms with E-state index in [0.29, 0.717) is 0 Å². The zero-order chi connectivity index (χ0) is 15.1. The molecule has 1 aliphatic rings. The summed E-state index contributed by atoms with van der Waals surface area (Å²) in [4.78, 5) is 14.5. The van der Waals surface area contributed by atoms with Crippen molar-refractivity contribution in [3.8, 4) is 0 Å². The molecule has 0 atom stereocenters. The number of nitrogens with zero attached hydrogens (tertiary/aromatic N) is 4. The minimum absolute atomic E-state index is 0. The van der Waals surface area contributed by atoms with Crippen molar-refractivity contribution >= 4 is 52.3 Å². The maximum Gasteiger partial charge on any atom is 0.104 e. The number of hydrogen-bond donors (Lipinski definition) is 0. The first-order valence-electron chi connectivity index (χ1n) is 6.86. The van der Waals surface area contributed by atoms with Gasteiger partial charge in [-0.2, -0.15) is 0 Å². The van der Waals surface area contributed by atoms with Gasteiger partial charge in [-0.1, -0.05) is 12.2 Å². The Labute approximate surface area is 142 Å². The Morgan fingerprint density at radius 1 is 1.00 bits per heavy atom. The topological polar surface area (TPSA) is 32.3 Å². The van der Waals surface area contributed by atoms with Crippen LogP contribution in [-0.2, 0) is 0 Å². The van der Waals surface area contributed by atoms with Crippen LogP contribution >= 0.6 is 24.6 Å². The normalized spacial score (nSPS) is 13.3. The molecule has 22 heavy (non-hydrogen) atoms. The van der Waals surface area contributed by atoms with E-state index in [0.717, 1.165) is 39.4 Å². The van der Waals surface area contributed by atoms with Crippen molar-refractivity contribution < 1.29 is 0 Å². The summed E-state index contributed by atoms with van der Waals surface area (Å²) in [6, 6.07) is 6.12. The van der Waals surface area contributed by atoms with Crippen LogP contribution in [0.5, 0.6) is 0 Å². The van der Waals surface area contributed by atoms with Gasteiger partial charge in [-0.3, -0.25) is 0 Å². The van der Waals surface area contributed by atoms with Gasteiger partial charge >= 0.3 is 0 Å². The SMILES string of the molecule is CN(C)C1=Cc2nc3cc(N(C)C)ccc3nc2C(=S)C1.Cl. The van der Waals surface area contributed by atoms with Gasteiger partial charge in [0, 0.05) is 50.9 Å². The summed E-state index contributed by atoms with van der Waals surface area (Å²) in [5, 5.41) is 0. The van der Waals surface area contributed by atoms with Crippen LogP contribution in [0.4, 0.5) is 5.69 Å². The van der Waals surface area contributed by atoms with Gasteiger partial charge in [-0.15, -0.1) is 12.4 Å². The molecular weight excluding hydrogens is 316 g/mol. The van der Waals surface area contributed by atoms with E-state index in [1.165, 1.54) is 5.70 Å². The van der Waals surface area contributed by atoms with E-state index in [-0.39, 0.29) is 12.4 Å². The fraction of sp³-hybridized carbons (Fsp3) is 0.312. The van der Waals surface area contributed by atoms with Crippen molar-refractivity contribution in [3.63, 3.8) is 0 Å². The molecule has 3 rings (SSSR count). The minimum atomic E-state index is 0. The number of fused-ring (bicyclic) bond motifs is 2. The predicted molar refractivity (Wildman–Crippen MR) is 99.1 cm³/mol. The number of aromatic nitrogens is 2. The molecular formula is C16H19ClN4S. The molecule has 4 nitrogen and oxygen atoms in total. The van der Waals surface area contributed by atoms with Crippen molar-refractivity contribution in [2.24, 2.45) is 0 Å². The molecule has 6 heteroatoms. The summed E-state index contributed by atoms with van der Waals surface area (Å²) >= 11 is 5.51. The largest absolute Gasteiger partial charge is 0.381 e. The van der Waals surface area contributed by atoms with Crippen LogP contribution in [0.2, 0.25) is 0 Å². The molecule has 0 saturated heterocycles. The molecule has 0 bridgehead atoms. The molecule has 0 radical (unpaired) electrons. The lowest BCUT2D eigenvalue weighted by atomic mass is 10.0.